The van der Waals surface area contributed by atoms with Gasteiger partial charge >= 0.3 is 0 Å². The molecule has 3 rings (SSSR count). The lowest BCUT2D eigenvalue weighted by Crippen LogP contribution is -2.38. The second-order valence-electron chi connectivity index (χ2n) is 6.76. The zero-order valence-electron chi connectivity index (χ0n) is 16.8. The molecule has 29 heavy (non-hydrogen) atoms. The van der Waals surface area contributed by atoms with Gasteiger partial charge in [-0.05, 0) is 37.6 Å². The molecule has 6 nitrogen and oxygen atoms in total. The highest BCUT2D eigenvalue weighted by molar-refractivity contribution is 7.99. The molecule has 0 aliphatic rings. The lowest BCUT2D eigenvalue weighted by atomic mass is 10.1. The molecule has 0 saturated carbocycles. The summed E-state index contributed by atoms with van der Waals surface area (Å²) in [7, 11) is -2.09. The number of hydrogen-bond donors (Lipinski definition) is 0. The summed E-state index contributed by atoms with van der Waals surface area (Å²) in [4.78, 5) is 15.1. The average Bonchev–Trinajstić information content (AvgIpc) is 2.90. The van der Waals surface area contributed by atoms with E-state index in [1.54, 1.807) is 37.3 Å². The molecule has 0 aliphatic carbocycles. The number of hydrogen-bond acceptors (Lipinski definition) is 5. The van der Waals surface area contributed by atoms with Crippen molar-refractivity contribution in [1.29, 1.82) is 0 Å². The average molecular weight is 430 g/mol. The molecule has 0 fully saturated rings. The Balaban J connectivity index is 1.96. The van der Waals surface area contributed by atoms with Crippen LogP contribution >= 0.6 is 11.8 Å². The van der Waals surface area contributed by atoms with Gasteiger partial charge in [0, 0.05) is 16.8 Å². The highest BCUT2D eigenvalue weighted by Gasteiger charge is 2.30. The zero-order chi connectivity index (χ0) is 21.2. The normalized spacial score (nSPS) is 11.4. The number of nitrogens with zero attached hydrogens (tertiary/aromatic N) is 3. The third kappa shape index (κ3) is 4.71. The Bertz CT molecular complexity index is 1140. The van der Waals surface area contributed by atoms with E-state index in [4.69, 9.17) is 0 Å². The van der Waals surface area contributed by atoms with E-state index in [0.29, 0.717) is 17.1 Å². The maximum Gasteiger partial charge on any atom is 0.245 e. The molecule has 0 unspecified atom stereocenters. The molecule has 2 aromatic carbocycles. The summed E-state index contributed by atoms with van der Waals surface area (Å²) >= 11 is 1.54. The molecule has 0 saturated heterocycles. The summed E-state index contributed by atoms with van der Waals surface area (Å²) in [6, 6.07) is 17.4. The lowest BCUT2D eigenvalue weighted by molar-refractivity contribution is -0.116. The van der Waals surface area contributed by atoms with Crippen molar-refractivity contribution in [2.45, 2.75) is 30.1 Å². The van der Waals surface area contributed by atoms with E-state index in [0.717, 1.165) is 25.9 Å². The monoisotopic (exact) mass is 429 g/mol. The van der Waals surface area contributed by atoms with Gasteiger partial charge in [-0.3, -0.25) is 9.48 Å². The molecule has 3 aromatic rings. The molecule has 0 N–H and O–H groups in total. The highest BCUT2D eigenvalue weighted by atomic mass is 32.2. The number of carbonyl (C=O) groups excluding carboxylic acids is 1. The molecular formula is C21H23N3O3S2. The van der Waals surface area contributed by atoms with Crippen molar-refractivity contribution < 1.29 is 13.2 Å². The van der Waals surface area contributed by atoms with Crippen LogP contribution in [0.1, 0.15) is 17.0 Å². The molecule has 0 bridgehead atoms. The van der Waals surface area contributed by atoms with Crippen LogP contribution in [0.15, 0.2) is 64.4 Å². The Morgan fingerprint density at radius 3 is 2.28 bits per heavy atom. The van der Waals surface area contributed by atoms with Crippen molar-refractivity contribution in [1.82, 2.24) is 9.78 Å². The molecule has 1 aromatic heterocycles. The van der Waals surface area contributed by atoms with E-state index >= 15 is 0 Å². The minimum atomic E-state index is -3.82. The number of amides is 1. The number of aryl methyl sites for hydroxylation is 2. The first kappa shape index (κ1) is 21.1. The molecule has 152 valence electrons. The summed E-state index contributed by atoms with van der Waals surface area (Å²) in [6.45, 7) is 3.45. The van der Waals surface area contributed by atoms with E-state index in [1.807, 2.05) is 54.6 Å². The van der Waals surface area contributed by atoms with E-state index in [9.17, 15) is 13.2 Å². The molecule has 1 heterocycles. The Hall–Kier alpha value is -2.58. The first-order valence-corrected chi connectivity index (χ1v) is 11.7. The van der Waals surface area contributed by atoms with Gasteiger partial charge in [0.15, 0.2) is 0 Å². The van der Waals surface area contributed by atoms with Crippen LogP contribution in [-0.4, -0.2) is 30.4 Å². The molecule has 0 atom stereocenters. The van der Waals surface area contributed by atoms with Gasteiger partial charge in [-0.25, -0.2) is 12.7 Å². The van der Waals surface area contributed by atoms with Crippen molar-refractivity contribution in [3.05, 3.63) is 71.5 Å². The fourth-order valence-corrected chi connectivity index (χ4v) is 5.13. The van der Waals surface area contributed by atoms with E-state index in [1.165, 1.54) is 0 Å². The van der Waals surface area contributed by atoms with E-state index in [2.05, 4.69) is 5.10 Å². The van der Waals surface area contributed by atoms with Crippen molar-refractivity contribution in [3.63, 3.8) is 0 Å². The number of aromatic nitrogens is 2. The van der Waals surface area contributed by atoms with Gasteiger partial charge in [-0.2, -0.15) is 5.10 Å². The van der Waals surface area contributed by atoms with Gasteiger partial charge in [0.1, 0.15) is 5.69 Å². The number of sulfonamides is 1. The van der Waals surface area contributed by atoms with Crippen LogP contribution in [0.2, 0.25) is 0 Å². The number of anilines is 1. The standard InChI is InChI=1S/C21H23N3O3S2/c1-15-21(16(2)23(3)22-15)24(29(4,26)27)20(25)14-17-10-8-9-13-19(17)28-18-11-6-5-7-12-18/h5-13H,14H2,1-4H3. The topological polar surface area (TPSA) is 72.3 Å². The van der Waals surface area contributed by atoms with Crippen LogP contribution in [0.25, 0.3) is 0 Å². The summed E-state index contributed by atoms with van der Waals surface area (Å²) in [5.74, 6) is -0.507. The first-order chi connectivity index (χ1) is 13.7. The highest BCUT2D eigenvalue weighted by Crippen LogP contribution is 2.32. The quantitative estimate of drug-likeness (QED) is 0.597. The molecular weight excluding hydrogens is 406 g/mol. The number of carbonyl (C=O) groups is 1. The van der Waals surface area contributed by atoms with Crippen LogP contribution in [0.3, 0.4) is 0 Å². The zero-order valence-corrected chi connectivity index (χ0v) is 18.4. The summed E-state index contributed by atoms with van der Waals surface area (Å²) < 4.78 is 27.5. The third-order valence-electron chi connectivity index (χ3n) is 4.52. The second kappa shape index (κ2) is 8.42. The van der Waals surface area contributed by atoms with E-state index in [-0.39, 0.29) is 6.42 Å². The fraction of sp³-hybridized carbons (Fsp3) is 0.238. The second-order valence-corrected chi connectivity index (χ2v) is 9.71. The van der Waals surface area contributed by atoms with Gasteiger partial charge in [0.2, 0.25) is 15.9 Å². The SMILES string of the molecule is Cc1nn(C)c(C)c1N(C(=O)Cc1ccccc1Sc1ccccc1)S(C)(=O)=O. The van der Waals surface area contributed by atoms with Crippen LogP contribution in [0.5, 0.6) is 0 Å². The Morgan fingerprint density at radius 2 is 1.69 bits per heavy atom. The number of benzene rings is 2. The van der Waals surface area contributed by atoms with Crippen LogP contribution in [0.4, 0.5) is 5.69 Å². The molecule has 0 spiro atoms. The van der Waals surface area contributed by atoms with Crippen LogP contribution < -0.4 is 4.31 Å². The van der Waals surface area contributed by atoms with Crippen molar-refractivity contribution in [2.75, 3.05) is 10.6 Å². The largest absolute Gasteiger partial charge is 0.273 e. The van der Waals surface area contributed by atoms with Gasteiger partial charge in [-0.1, -0.05) is 48.2 Å². The molecule has 0 aliphatic heterocycles. The van der Waals surface area contributed by atoms with Gasteiger partial charge in [0.05, 0.1) is 24.1 Å². The maximum absolute atomic E-state index is 13.2. The number of rotatable bonds is 6. The summed E-state index contributed by atoms with van der Waals surface area (Å²) in [6.07, 6.45) is 1.01. The van der Waals surface area contributed by atoms with Crippen LogP contribution in [-0.2, 0) is 28.3 Å². The Labute approximate surface area is 175 Å². The third-order valence-corrected chi connectivity index (χ3v) is 6.69. The van der Waals surface area contributed by atoms with Gasteiger partial charge in [0.25, 0.3) is 0 Å². The van der Waals surface area contributed by atoms with Crippen molar-refractivity contribution in [3.8, 4) is 0 Å². The van der Waals surface area contributed by atoms with Gasteiger partial charge in [-0.15, -0.1) is 0 Å². The van der Waals surface area contributed by atoms with Crippen molar-refractivity contribution in [2.24, 2.45) is 7.05 Å². The minimum absolute atomic E-state index is 0.0309. The maximum atomic E-state index is 13.2. The molecule has 0 radical (unpaired) electrons. The first-order valence-electron chi connectivity index (χ1n) is 9.02. The predicted molar refractivity (Wildman–Crippen MR) is 116 cm³/mol. The Kier molecular flexibility index (Phi) is 6.14. The summed E-state index contributed by atoms with van der Waals surface area (Å²) in [5.41, 5.74) is 2.22. The smallest absolute Gasteiger partial charge is 0.245 e. The predicted octanol–water partition coefficient (Wildman–Crippen LogP) is 3.72. The fourth-order valence-electron chi connectivity index (χ4n) is 3.13. The molecule has 8 heteroatoms. The Morgan fingerprint density at radius 1 is 1.07 bits per heavy atom. The minimum Gasteiger partial charge on any atom is -0.273 e. The van der Waals surface area contributed by atoms with E-state index < -0.39 is 15.9 Å². The lowest BCUT2D eigenvalue weighted by Gasteiger charge is -2.21. The van der Waals surface area contributed by atoms with Crippen molar-refractivity contribution >= 4 is 33.4 Å². The summed E-state index contributed by atoms with van der Waals surface area (Å²) in [5, 5.41) is 4.26. The van der Waals surface area contributed by atoms with Crippen LogP contribution in [0, 0.1) is 13.8 Å². The van der Waals surface area contributed by atoms with Gasteiger partial charge < -0.3 is 0 Å². The molecule has 1 amide bonds.